The largest absolute Gasteiger partial charge is 0.325 e. The number of carbonyl (C=O) groups is 3. The monoisotopic (exact) mass is 336 g/mol. The molecule has 1 aliphatic rings. The van der Waals surface area contributed by atoms with Crippen LogP contribution in [0.1, 0.15) is 35.7 Å². The van der Waals surface area contributed by atoms with Gasteiger partial charge in [0.25, 0.3) is 0 Å². The van der Waals surface area contributed by atoms with E-state index in [0.717, 1.165) is 11.3 Å². The molecule has 0 saturated heterocycles. The molecule has 0 aromatic heterocycles. The highest BCUT2D eigenvalue weighted by molar-refractivity contribution is 6.17. The quantitative estimate of drug-likeness (QED) is 0.647. The maximum atomic E-state index is 12.6. The summed E-state index contributed by atoms with van der Waals surface area (Å²) in [6.45, 7) is 3.40. The Hall–Kier alpha value is -2.95. The van der Waals surface area contributed by atoms with Crippen LogP contribution >= 0.6 is 0 Å². The molecular formula is C20H20N2O3. The summed E-state index contributed by atoms with van der Waals surface area (Å²) in [5.74, 6) is -0.622. The Morgan fingerprint density at radius 1 is 0.880 bits per heavy atom. The number of rotatable bonds is 5. The molecule has 5 heteroatoms. The molecule has 3 rings (SSSR count). The topological polar surface area (TPSA) is 75.3 Å². The van der Waals surface area contributed by atoms with Gasteiger partial charge in [0, 0.05) is 16.9 Å². The zero-order chi connectivity index (χ0) is 18.0. The molecule has 2 aromatic rings. The number of para-hydroxylation sites is 1. The van der Waals surface area contributed by atoms with E-state index in [1.807, 2.05) is 31.2 Å². The van der Waals surface area contributed by atoms with Gasteiger partial charge in [-0.1, -0.05) is 18.2 Å². The lowest BCUT2D eigenvalue weighted by atomic mass is 10.0. The Kier molecular flexibility index (Phi) is 4.40. The molecule has 2 aromatic carbocycles. The Bertz CT molecular complexity index is 836. The number of hydrogen-bond donors (Lipinski definition) is 2. The number of aryl methyl sites for hydroxylation is 1. The first kappa shape index (κ1) is 16.9. The first-order valence-electron chi connectivity index (χ1n) is 8.22. The molecule has 25 heavy (non-hydrogen) atoms. The van der Waals surface area contributed by atoms with Crippen LogP contribution < -0.4 is 10.6 Å². The molecule has 1 aliphatic carbocycles. The van der Waals surface area contributed by atoms with Crippen molar-refractivity contribution in [2.75, 3.05) is 10.6 Å². The molecule has 2 amide bonds. The fraction of sp³-hybridized carbons (Fsp3) is 0.250. The summed E-state index contributed by atoms with van der Waals surface area (Å²) in [7, 11) is 0. The Morgan fingerprint density at radius 3 is 2.04 bits per heavy atom. The third-order valence-corrected chi connectivity index (χ3v) is 4.56. The van der Waals surface area contributed by atoms with Crippen molar-refractivity contribution in [2.24, 2.45) is 5.41 Å². The standard InChI is InChI=1S/C20H20N2O3/c1-13-5-3-4-6-17(13)22-19(25)20(11-12-20)18(24)21-16-9-7-15(8-10-16)14(2)23/h3-10H,11-12H2,1-2H3,(H,21,24)(H,22,25). The van der Waals surface area contributed by atoms with E-state index in [9.17, 15) is 14.4 Å². The van der Waals surface area contributed by atoms with Crippen molar-refractivity contribution in [3.8, 4) is 0 Å². The Balaban J connectivity index is 1.69. The average Bonchev–Trinajstić information content (AvgIpc) is 3.39. The smallest absolute Gasteiger partial charge is 0.240 e. The van der Waals surface area contributed by atoms with Crippen LogP contribution in [0.15, 0.2) is 48.5 Å². The summed E-state index contributed by atoms with van der Waals surface area (Å²) >= 11 is 0. The fourth-order valence-corrected chi connectivity index (χ4v) is 2.68. The van der Waals surface area contributed by atoms with Crippen LogP contribution in [0.2, 0.25) is 0 Å². The minimum Gasteiger partial charge on any atom is -0.325 e. The van der Waals surface area contributed by atoms with Crippen molar-refractivity contribution < 1.29 is 14.4 Å². The van der Waals surface area contributed by atoms with Gasteiger partial charge < -0.3 is 10.6 Å². The molecule has 0 bridgehead atoms. The van der Waals surface area contributed by atoms with Crippen LogP contribution in [0.25, 0.3) is 0 Å². The average molecular weight is 336 g/mol. The van der Waals surface area contributed by atoms with Gasteiger partial charge in [-0.15, -0.1) is 0 Å². The summed E-state index contributed by atoms with van der Waals surface area (Å²) in [5.41, 5.74) is 1.81. The van der Waals surface area contributed by atoms with Gasteiger partial charge >= 0.3 is 0 Å². The Labute approximate surface area is 146 Å². The second-order valence-corrected chi connectivity index (χ2v) is 6.44. The third kappa shape index (κ3) is 3.45. The number of Topliss-reactive ketones (excluding diaryl/α,β-unsaturated/α-hetero) is 1. The SMILES string of the molecule is CC(=O)c1ccc(NC(=O)C2(C(=O)Nc3ccccc3C)CC2)cc1. The van der Waals surface area contributed by atoms with Gasteiger partial charge in [-0.05, 0) is 62.6 Å². The number of nitrogens with one attached hydrogen (secondary N) is 2. The van der Waals surface area contributed by atoms with Gasteiger partial charge in [-0.3, -0.25) is 14.4 Å². The summed E-state index contributed by atoms with van der Waals surface area (Å²) < 4.78 is 0. The van der Waals surface area contributed by atoms with Gasteiger partial charge in [0.2, 0.25) is 11.8 Å². The number of anilines is 2. The molecule has 0 unspecified atom stereocenters. The number of ketones is 1. The molecule has 128 valence electrons. The van der Waals surface area contributed by atoms with Crippen molar-refractivity contribution >= 4 is 29.0 Å². The van der Waals surface area contributed by atoms with Crippen molar-refractivity contribution in [3.63, 3.8) is 0 Å². The predicted molar refractivity (Wildman–Crippen MR) is 96.6 cm³/mol. The lowest BCUT2D eigenvalue weighted by Gasteiger charge is -2.16. The van der Waals surface area contributed by atoms with Gasteiger partial charge in [-0.25, -0.2) is 0 Å². The van der Waals surface area contributed by atoms with Crippen molar-refractivity contribution in [2.45, 2.75) is 26.7 Å². The van der Waals surface area contributed by atoms with Crippen molar-refractivity contribution in [3.05, 3.63) is 59.7 Å². The molecule has 1 fully saturated rings. The summed E-state index contributed by atoms with van der Waals surface area (Å²) in [5, 5.41) is 5.64. The highest BCUT2D eigenvalue weighted by atomic mass is 16.2. The maximum absolute atomic E-state index is 12.6. The summed E-state index contributed by atoms with van der Waals surface area (Å²) in [6, 6.07) is 14.1. The van der Waals surface area contributed by atoms with E-state index in [4.69, 9.17) is 0 Å². The van der Waals surface area contributed by atoms with Gasteiger partial charge in [0.05, 0.1) is 0 Å². The zero-order valence-corrected chi connectivity index (χ0v) is 14.3. The van der Waals surface area contributed by atoms with E-state index < -0.39 is 5.41 Å². The second kappa shape index (κ2) is 6.51. The Morgan fingerprint density at radius 2 is 1.48 bits per heavy atom. The predicted octanol–water partition coefficient (Wildman–Crippen LogP) is 3.56. The normalized spacial score (nSPS) is 14.5. The third-order valence-electron chi connectivity index (χ3n) is 4.56. The first-order chi connectivity index (χ1) is 11.9. The summed E-state index contributed by atoms with van der Waals surface area (Å²) in [4.78, 5) is 36.5. The summed E-state index contributed by atoms with van der Waals surface area (Å²) in [6.07, 6.45) is 1.06. The highest BCUT2D eigenvalue weighted by Gasteiger charge is 2.56. The lowest BCUT2D eigenvalue weighted by Crippen LogP contribution is -2.35. The van der Waals surface area contributed by atoms with E-state index in [0.29, 0.717) is 24.1 Å². The van der Waals surface area contributed by atoms with Crippen LogP contribution in [0.5, 0.6) is 0 Å². The van der Waals surface area contributed by atoms with Crippen LogP contribution in [0.3, 0.4) is 0 Å². The van der Waals surface area contributed by atoms with Gasteiger partial charge in [-0.2, -0.15) is 0 Å². The lowest BCUT2D eigenvalue weighted by molar-refractivity contribution is -0.131. The number of amides is 2. The molecule has 0 atom stereocenters. The first-order valence-corrected chi connectivity index (χ1v) is 8.22. The minimum absolute atomic E-state index is 0.0332. The number of benzene rings is 2. The van der Waals surface area contributed by atoms with Crippen LogP contribution in [-0.2, 0) is 9.59 Å². The van der Waals surface area contributed by atoms with Gasteiger partial charge in [0.15, 0.2) is 5.78 Å². The van der Waals surface area contributed by atoms with E-state index in [2.05, 4.69) is 10.6 Å². The molecule has 0 aliphatic heterocycles. The molecule has 0 radical (unpaired) electrons. The van der Waals surface area contributed by atoms with Crippen LogP contribution in [0.4, 0.5) is 11.4 Å². The molecule has 0 spiro atoms. The van der Waals surface area contributed by atoms with Gasteiger partial charge in [0.1, 0.15) is 5.41 Å². The molecular weight excluding hydrogens is 316 g/mol. The molecule has 5 nitrogen and oxygen atoms in total. The van der Waals surface area contributed by atoms with E-state index in [1.165, 1.54) is 6.92 Å². The second-order valence-electron chi connectivity index (χ2n) is 6.44. The molecule has 2 N–H and O–H groups in total. The minimum atomic E-state index is -1.01. The molecule has 1 saturated carbocycles. The van der Waals surface area contributed by atoms with E-state index in [-0.39, 0.29) is 17.6 Å². The highest BCUT2D eigenvalue weighted by Crippen LogP contribution is 2.47. The zero-order valence-electron chi connectivity index (χ0n) is 14.3. The van der Waals surface area contributed by atoms with Crippen molar-refractivity contribution in [1.82, 2.24) is 0 Å². The van der Waals surface area contributed by atoms with E-state index >= 15 is 0 Å². The maximum Gasteiger partial charge on any atom is 0.240 e. The number of hydrogen-bond acceptors (Lipinski definition) is 3. The fourth-order valence-electron chi connectivity index (χ4n) is 2.68. The number of carbonyl (C=O) groups excluding carboxylic acids is 3. The van der Waals surface area contributed by atoms with Crippen molar-refractivity contribution in [1.29, 1.82) is 0 Å². The molecule has 0 heterocycles. The van der Waals surface area contributed by atoms with E-state index in [1.54, 1.807) is 24.3 Å². The van der Waals surface area contributed by atoms with Crippen LogP contribution in [0, 0.1) is 12.3 Å². The van der Waals surface area contributed by atoms with Crippen LogP contribution in [-0.4, -0.2) is 17.6 Å².